The lowest BCUT2D eigenvalue weighted by molar-refractivity contribution is -0.140. The maximum Gasteiger partial charge on any atom is 0.222 e. The van der Waals surface area contributed by atoms with Crippen LogP contribution in [0.3, 0.4) is 0 Å². The van der Waals surface area contributed by atoms with Crippen molar-refractivity contribution in [2.75, 3.05) is 13.1 Å². The van der Waals surface area contributed by atoms with Crippen LogP contribution in [-0.4, -0.2) is 29.4 Å². The fourth-order valence-electron chi connectivity index (χ4n) is 3.52. The molecule has 3 aliphatic rings. The zero-order valence-electron chi connectivity index (χ0n) is 10.7. The third kappa shape index (κ3) is 2.35. The van der Waals surface area contributed by atoms with Crippen LogP contribution in [0.5, 0.6) is 0 Å². The Kier molecular flexibility index (Phi) is 2.89. The number of amides is 1. The molecule has 0 unspecified atom stereocenters. The zero-order chi connectivity index (χ0) is 11.9. The first-order chi connectivity index (χ1) is 8.17. The predicted molar refractivity (Wildman–Crippen MR) is 67.4 cm³/mol. The van der Waals surface area contributed by atoms with Gasteiger partial charge < -0.3 is 10.6 Å². The highest BCUT2D eigenvalue weighted by Gasteiger charge is 2.51. The van der Waals surface area contributed by atoms with E-state index in [1.807, 2.05) is 4.90 Å². The zero-order valence-corrected chi connectivity index (χ0v) is 10.7. The molecule has 1 aliphatic heterocycles. The molecule has 0 aromatic carbocycles. The van der Waals surface area contributed by atoms with Gasteiger partial charge in [-0.25, -0.2) is 0 Å². The SMILES string of the molecule is NC1(C2CC2)CN(C(=O)CC2CCCCC2)C1. The molecule has 17 heavy (non-hydrogen) atoms. The van der Waals surface area contributed by atoms with Crippen molar-refractivity contribution in [3.05, 3.63) is 0 Å². The number of hydrogen-bond acceptors (Lipinski definition) is 2. The minimum absolute atomic E-state index is 0.0117. The van der Waals surface area contributed by atoms with Crippen molar-refractivity contribution in [2.45, 2.75) is 56.9 Å². The van der Waals surface area contributed by atoms with E-state index >= 15 is 0 Å². The molecule has 3 heteroatoms. The molecule has 3 fully saturated rings. The van der Waals surface area contributed by atoms with E-state index in [0.717, 1.165) is 19.5 Å². The van der Waals surface area contributed by atoms with Crippen molar-refractivity contribution < 1.29 is 4.79 Å². The van der Waals surface area contributed by atoms with Crippen LogP contribution >= 0.6 is 0 Å². The normalized spacial score (nSPS) is 28.9. The van der Waals surface area contributed by atoms with E-state index in [-0.39, 0.29) is 5.54 Å². The molecule has 2 saturated carbocycles. The molecule has 1 amide bonds. The van der Waals surface area contributed by atoms with Crippen LogP contribution in [-0.2, 0) is 4.79 Å². The summed E-state index contributed by atoms with van der Waals surface area (Å²) in [4.78, 5) is 14.1. The number of carbonyl (C=O) groups is 1. The monoisotopic (exact) mass is 236 g/mol. The predicted octanol–water partition coefficient (Wildman–Crippen LogP) is 1.91. The molecule has 0 atom stereocenters. The number of likely N-dealkylation sites (tertiary alicyclic amines) is 1. The molecular weight excluding hydrogens is 212 g/mol. The fraction of sp³-hybridized carbons (Fsp3) is 0.929. The molecule has 0 aromatic heterocycles. The molecule has 1 heterocycles. The third-order valence-electron chi connectivity index (χ3n) is 4.90. The average molecular weight is 236 g/mol. The molecule has 96 valence electrons. The average Bonchev–Trinajstić information content (AvgIpc) is 3.10. The number of hydrogen-bond donors (Lipinski definition) is 1. The summed E-state index contributed by atoms with van der Waals surface area (Å²) in [6.07, 6.45) is 9.86. The molecule has 3 rings (SSSR count). The molecule has 0 aromatic rings. The number of rotatable bonds is 3. The highest BCUT2D eigenvalue weighted by atomic mass is 16.2. The van der Waals surface area contributed by atoms with Gasteiger partial charge in [-0.05, 0) is 37.5 Å². The third-order valence-corrected chi connectivity index (χ3v) is 4.90. The Morgan fingerprint density at radius 2 is 1.76 bits per heavy atom. The minimum Gasteiger partial charge on any atom is -0.339 e. The summed E-state index contributed by atoms with van der Waals surface area (Å²) in [6.45, 7) is 1.65. The van der Waals surface area contributed by atoms with Gasteiger partial charge in [-0.2, -0.15) is 0 Å². The van der Waals surface area contributed by atoms with Crippen molar-refractivity contribution in [2.24, 2.45) is 17.6 Å². The second-order valence-corrected chi connectivity index (χ2v) is 6.47. The first-order valence-electron chi connectivity index (χ1n) is 7.24. The maximum atomic E-state index is 12.1. The minimum atomic E-state index is -0.0117. The second-order valence-electron chi connectivity index (χ2n) is 6.47. The van der Waals surface area contributed by atoms with Crippen LogP contribution < -0.4 is 5.73 Å². The van der Waals surface area contributed by atoms with Crippen molar-refractivity contribution >= 4 is 5.91 Å². The molecule has 0 spiro atoms. The summed E-state index contributed by atoms with van der Waals surface area (Å²) >= 11 is 0. The van der Waals surface area contributed by atoms with E-state index in [1.165, 1.54) is 44.9 Å². The van der Waals surface area contributed by atoms with Gasteiger partial charge in [0.25, 0.3) is 0 Å². The maximum absolute atomic E-state index is 12.1. The van der Waals surface area contributed by atoms with Gasteiger partial charge in [-0.3, -0.25) is 4.79 Å². The summed E-state index contributed by atoms with van der Waals surface area (Å²) < 4.78 is 0. The molecule has 0 bridgehead atoms. The lowest BCUT2D eigenvalue weighted by atomic mass is 9.83. The van der Waals surface area contributed by atoms with Gasteiger partial charge in [0, 0.05) is 19.5 Å². The van der Waals surface area contributed by atoms with Gasteiger partial charge in [-0.15, -0.1) is 0 Å². The van der Waals surface area contributed by atoms with E-state index < -0.39 is 0 Å². The Morgan fingerprint density at radius 1 is 1.12 bits per heavy atom. The molecular formula is C14H24N2O. The summed E-state index contributed by atoms with van der Waals surface area (Å²) in [5, 5.41) is 0. The standard InChI is InChI=1S/C14H24N2O/c15-14(12-6-7-12)9-16(10-14)13(17)8-11-4-2-1-3-5-11/h11-12H,1-10,15H2. The van der Waals surface area contributed by atoms with Crippen LogP contribution in [0.1, 0.15) is 51.4 Å². The Bertz CT molecular complexity index is 299. The van der Waals surface area contributed by atoms with Crippen LogP contribution in [0.2, 0.25) is 0 Å². The highest BCUT2D eigenvalue weighted by Crippen LogP contribution is 2.43. The van der Waals surface area contributed by atoms with E-state index in [0.29, 0.717) is 17.7 Å². The molecule has 2 aliphatic carbocycles. The summed E-state index contributed by atoms with van der Waals surface area (Å²) in [5.41, 5.74) is 6.26. The highest BCUT2D eigenvalue weighted by molar-refractivity contribution is 5.77. The fourth-order valence-corrected chi connectivity index (χ4v) is 3.52. The van der Waals surface area contributed by atoms with Gasteiger partial charge >= 0.3 is 0 Å². The van der Waals surface area contributed by atoms with Gasteiger partial charge in [0.2, 0.25) is 5.91 Å². The largest absolute Gasteiger partial charge is 0.339 e. The molecule has 0 radical (unpaired) electrons. The number of nitrogens with two attached hydrogens (primary N) is 1. The smallest absolute Gasteiger partial charge is 0.222 e. The van der Waals surface area contributed by atoms with E-state index in [2.05, 4.69) is 0 Å². The van der Waals surface area contributed by atoms with E-state index in [1.54, 1.807) is 0 Å². The first-order valence-corrected chi connectivity index (χ1v) is 7.24. The van der Waals surface area contributed by atoms with Crippen molar-refractivity contribution in [3.8, 4) is 0 Å². The van der Waals surface area contributed by atoms with Crippen LogP contribution in [0, 0.1) is 11.8 Å². The van der Waals surface area contributed by atoms with Crippen molar-refractivity contribution in [1.29, 1.82) is 0 Å². The van der Waals surface area contributed by atoms with Gasteiger partial charge in [0.05, 0.1) is 5.54 Å². The van der Waals surface area contributed by atoms with Gasteiger partial charge in [0.15, 0.2) is 0 Å². The van der Waals surface area contributed by atoms with Crippen LogP contribution in [0.25, 0.3) is 0 Å². The van der Waals surface area contributed by atoms with E-state index in [9.17, 15) is 4.79 Å². The van der Waals surface area contributed by atoms with Crippen molar-refractivity contribution in [1.82, 2.24) is 4.90 Å². The second kappa shape index (κ2) is 4.27. The Balaban J connectivity index is 1.44. The summed E-state index contributed by atoms with van der Waals surface area (Å²) in [7, 11) is 0. The molecule has 2 N–H and O–H groups in total. The Hall–Kier alpha value is -0.570. The van der Waals surface area contributed by atoms with Gasteiger partial charge in [0.1, 0.15) is 0 Å². The number of nitrogens with zero attached hydrogens (tertiary/aromatic N) is 1. The Labute approximate surface area is 104 Å². The van der Waals surface area contributed by atoms with Gasteiger partial charge in [-0.1, -0.05) is 19.3 Å². The quantitative estimate of drug-likeness (QED) is 0.813. The lowest BCUT2D eigenvalue weighted by Crippen LogP contribution is -2.69. The summed E-state index contributed by atoms with van der Waals surface area (Å²) in [6, 6.07) is 0. The van der Waals surface area contributed by atoms with E-state index in [4.69, 9.17) is 5.73 Å². The topological polar surface area (TPSA) is 46.3 Å². The lowest BCUT2D eigenvalue weighted by Gasteiger charge is -2.48. The Morgan fingerprint density at radius 3 is 2.35 bits per heavy atom. The van der Waals surface area contributed by atoms with Crippen molar-refractivity contribution in [3.63, 3.8) is 0 Å². The first kappa shape index (κ1) is 11.5. The van der Waals surface area contributed by atoms with Crippen LogP contribution in [0.4, 0.5) is 0 Å². The molecule has 1 saturated heterocycles. The van der Waals surface area contributed by atoms with Crippen LogP contribution in [0.15, 0.2) is 0 Å². The molecule has 3 nitrogen and oxygen atoms in total. The number of carbonyl (C=O) groups excluding carboxylic acids is 1. The summed E-state index contributed by atoms with van der Waals surface area (Å²) in [5.74, 6) is 1.73.